The van der Waals surface area contributed by atoms with Crippen molar-refractivity contribution < 1.29 is 32.5 Å². The molecule has 0 radical (unpaired) electrons. The van der Waals surface area contributed by atoms with Crippen LogP contribution in [-0.2, 0) is 30.7 Å². The van der Waals surface area contributed by atoms with Crippen molar-refractivity contribution in [3.8, 4) is 0 Å². The molecule has 2 aliphatic rings. The van der Waals surface area contributed by atoms with E-state index >= 15 is 0 Å². The summed E-state index contributed by atoms with van der Waals surface area (Å²) >= 11 is 0. The number of rotatable bonds is 12. The van der Waals surface area contributed by atoms with Gasteiger partial charge in [0.15, 0.2) is 6.29 Å². The van der Waals surface area contributed by atoms with Crippen molar-refractivity contribution in [3.63, 3.8) is 0 Å². The number of ether oxygens (including phenoxy) is 3. The Balaban J connectivity index is 1.40. The van der Waals surface area contributed by atoms with Gasteiger partial charge in [-0.25, -0.2) is 13.2 Å². The Hall–Kier alpha value is -2.54. The number of carbonyl (C=O) groups is 1. The molecule has 2 aromatic carbocycles. The van der Waals surface area contributed by atoms with Crippen molar-refractivity contribution in [1.29, 1.82) is 0 Å². The van der Waals surface area contributed by atoms with Crippen LogP contribution in [0, 0.1) is 11.8 Å². The number of aliphatic hydroxyl groups is 1. The van der Waals surface area contributed by atoms with Gasteiger partial charge in [-0.15, -0.1) is 0 Å². The summed E-state index contributed by atoms with van der Waals surface area (Å²) in [6.45, 7) is 4.94. The number of anilines is 1. The zero-order chi connectivity index (χ0) is 28.0. The fraction of sp³-hybridized carbons (Fsp3) is 0.536. The third-order valence-electron chi connectivity index (χ3n) is 7.08. The number of hydrogen-bond acceptors (Lipinski definition) is 8. The van der Waals surface area contributed by atoms with E-state index in [2.05, 4.69) is 10.6 Å². The van der Waals surface area contributed by atoms with Gasteiger partial charge >= 0.3 is 6.09 Å². The molecular weight excluding hydrogens is 522 g/mol. The Morgan fingerprint density at radius 1 is 1.10 bits per heavy atom. The minimum atomic E-state index is -3.91. The van der Waals surface area contributed by atoms with Crippen LogP contribution < -0.4 is 10.6 Å². The molecule has 39 heavy (non-hydrogen) atoms. The summed E-state index contributed by atoms with van der Waals surface area (Å²) < 4.78 is 45.0. The van der Waals surface area contributed by atoms with Crippen LogP contribution in [0.1, 0.15) is 25.8 Å². The van der Waals surface area contributed by atoms with Gasteiger partial charge in [-0.2, -0.15) is 4.31 Å². The lowest BCUT2D eigenvalue weighted by Crippen LogP contribution is -2.48. The molecule has 2 aromatic rings. The van der Waals surface area contributed by atoms with Gasteiger partial charge in [-0.3, -0.25) is 5.32 Å². The maximum absolute atomic E-state index is 13.6. The minimum absolute atomic E-state index is 0.0285. The third-order valence-corrected chi connectivity index (χ3v) is 8.92. The molecule has 4 rings (SSSR count). The first-order valence-corrected chi connectivity index (χ1v) is 14.8. The fourth-order valence-corrected chi connectivity index (χ4v) is 6.63. The zero-order valence-electron chi connectivity index (χ0n) is 22.7. The number of fused-ring (bicyclic) bond motifs is 1. The molecule has 5 atom stereocenters. The second kappa shape index (κ2) is 13.2. The van der Waals surface area contributed by atoms with Gasteiger partial charge < -0.3 is 24.6 Å². The number of carbonyl (C=O) groups excluding carboxylic acids is 1. The Labute approximate surface area is 230 Å². The van der Waals surface area contributed by atoms with Gasteiger partial charge in [0.05, 0.1) is 30.1 Å². The van der Waals surface area contributed by atoms with E-state index in [4.69, 9.17) is 14.2 Å². The fourth-order valence-electron chi connectivity index (χ4n) is 5.00. The molecule has 2 aliphatic heterocycles. The predicted molar refractivity (Wildman–Crippen MR) is 147 cm³/mol. The summed E-state index contributed by atoms with van der Waals surface area (Å²) in [4.78, 5) is 12.5. The van der Waals surface area contributed by atoms with Gasteiger partial charge in [0.1, 0.15) is 6.10 Å². The van der Waals surface area contributed by atoms with Gasteiger partial charge in [-0.05, 0) is 55.6 Å². The summed E-state index contributed by atoms with van der Waals surface area (Å²) in [5.41, 5.74) is 1.46. The Bertz CT molecular complexity index is 1180. The van der Waals surface area contributed by atoms with Crippen molar-refractivity contribution >= 4 is 21.8 Å². The van der Waals surface area contributed by atoms with Crippen LogP contribution in [0.4, 0.5) is 10.5 Å². The van der Waals surface area contributed by atoms with Gasteiger partial charge in [0.2, 0.25) is 10.0 Å². The molecule has 0 saturated carbocycles. The second-order valence-corrected chi connectivity index (χ2v) is 12.4. The number of nitrogens with zero attached hydrogens (tertiary/aromatic N) is 1. The second-order valence-electron chi connectivity index (χ2n) is 10.5. The first kappa shape index (κ1) is 29.4. The van der Waals surface area contributed by atoms with Crippen molar-refractivity contribution in [2.75, 3.05) is 38.7 Å². The first-order chi connectivity index (χ1) is 18.7. The molecule has 3 N–H and O–H groups in total. The highest BCUT2D eigenvalue weighted by molar-refractivity contribution is 7.89. The maximum atomic E-state index is 13.6. The number of sulfonamides is 1. The van der Waals surface area contributed by atoms with Crippen LogP contribution in [0.15, 0.2) is 59.5 Å². The third kappa shape index (κ3) is 7.56. The number of hydrogen-bond donors (Lipinski definition) is 3. The lowest BCUT2D eigenvalue weighted by molar-refractivity contribution is -0.0907. The number of likely N-dealkylation sites (N-methyl/N-ethyl adjacent to an activating group) is 1. The summed E-state index contributed by atoms with van der Waals surface area (Å²) in [6, 6.07) is 15.4. The Morgan fingerprint density at radius 2 is 1.82 bits per heavy atom. The molecular formula is C28H39N3O7S. The van der Waals surface area contributed by atoms with Crippen molar-refractivity contribution in [3.05, 3.63) is 60.2 Å². The molecule has 11 heteroatoms. The molecule has 2 fully saturated rings. The summed E-state index contributed by atoms with van der Waals surface area (Å²) in [6.07, 6.45) is -0.918. The monoisotopic (exact) mass is 561 g/mol. The summed E-state index contributed by atoms with van der Waals surface area (Å²) in [7, 11) is -2.15. The van der Waals surface area contributed by atoms with Gasteiger partial charge in [0, 0.05) is 24.8 Å². The first-order valence-electron chi connectivity index (χ1n) is 13.4. The van der Waals surface area contributed by atoms with E-state index in [0.717, 1.165) is 12.0 Å². The summed E-state index contributed by atoms with van der Waals surface area (Å²) in [5.74, 6) is 0.0787. The largest absolute Gasteiger partial charge is 0.443 e. The maximum Gasteiger partial charge on any atom is 0.411 e. The van der Waals surface area contributed by atoms with Crippen LogP contribution in [0.3, 0.4) is 0 Å². The molecule has 1 amide bonds. The van der Waals surface area contributed by atoms with Gasteiger partial charge in [0.25, 0.3) is 0 Å². The minimum Gasteiger partial charge on any atom is -0.443 e. The highest BCUT2D eigenvalue weighted by Gasteiger charge is 2.43. The number of nitrogens with one attached hydrogen (secondary N) is 2. The molecule has 0 aromatic heterocycles. The standard InChI is InChI=1S/C28H39N3O7S/c1-19(2)16-31(17-25(32)24(29-3)15-20-7-5-4-6-8-20)39(34,35)22-11-9-21(10-12-22)30-28(33)38-26-18-37-27-23(26)13-14-36-27/h4-12,19,23-27,29,32H,13-18H2,1-3H3,(H,30,33). The Morgan fingerprint density at radius 3 is 2.49 bits per heavy atom. The normalized spacial score (nSPS) is 22.6. The van der Waals surface area contributed by atoms with E-state index in [9.17, 15) is 18.3 Å². The highest BCUT2D eigenvalue weighted by atomic mass is 32.2. The van der Waals surface area contributed by atoms with Crippen molar-refractivity contribution in [2.45, 2.75) is 56.1 Å². The van der Waals surface area contributed by atoms with E-state index in [-0.39, 0.29) is 54.9 Å². The van der Waals surface area contributed by atoms with Crippen LogP contribution >= 0.6 is 0 Å². The number of benzene rings is 2. The predicted octanol–water partition coefficient (Wildman–Crippen LogP) is 2.83. The average molecular weight is 562 g/mol. The molecule has 10 nitrogen and oxygen atoms in total. The molecule has 2 saturated heterocycles. The molecule has 2 heterocycles. The van der Waals surface area contributed by atoms with E-state index in [1.807, 2.05) is 44.2 Å². The van der Waals surface area contributed by atoms with Crippen molar-refractivity contribution in [2.24, 2.45) is 11.8 Å². The van der Waals surface area contributed by atoms with Crippen LogP contribution in [-0.4, -0.2) is 81.8 Å². The highest BCUT2D eigenvalue weighted by Crippen LogP contribution is 2.33. The topological polar surface area (TPSA) is 126 Å². The van der Waals surface area contributed by atoms with Gasteiger partial charge in [-0.1, -0.05) is 44.2 Å². The lowest BCUT2D eigenvalue weighted by Gasteiger charge is -2.30. The Kier molecular flexibility index (Phi) is 9.97. The number of amides is 1. The van der Waals surface area contributed by atoms with E-state index in [1.54, 1.807) is 7.05 Å². The molecule has 214 valence electrons. The quantitative estimate of drug-likeness (QED) is 0.361. The molecule has 0 bridgehead atoms. The average Bonchev–Trinajstić information content (AvgIpc) is 3.52. The molecule has 0 spiro atoms. The van der Waals surface area contributed by atoms with Crippen molar-refractivity contribution in [1.82, 2.24) is 9.62 Å². The smallest absolute Gasteiger partial charge is 0.411 e. The van der Waals surface area contributed by atoms with Crippen LogP contribution in [0.25, 0.3) is 0 Å². The SMILES string of the molecule is CNC(Cc1ccccc1)C(O)CN(CC(C)C)S(=O)(=O)c1ccc(NC(=O)OC2COC3OCCC23)cc1. The van der Waals surface area contributed by atoms with Crippen LogP contribution in [0.2, 0.25) is 0 Å². The van der Waals surface area contributed by atoms with E-state index < -0.39 is 22.2 Å². The molecule has 5 unspecified atom stereocenters. The van der Waals surface area contributed by atoms with E-state index in [1.165, 1.54) is 28.6 Å². The lowest BCUT2D eigenvalue weighted by atomic mass is 10.0. The van der Waals surface area contributed by atoms with E-state index in [0.29, 0.717) is 18.7 Å². The zero-order valence-corrected chi connectivity index (χ0v) is 23.5. The number of aliphatic hydroxyl groups excluding tert-OH is 1. The van der Waals surface area contributed by atoms with Crippen LogP contribution in [0.5, 0.6) is 0 Å². The summed E-state index contributed by atoms with van der Waals surface area (Å²) in [5, 5.41) is 16.8. The molecule has 0 aliphatic carbocycles.